The van der Waals surface area contributed by atoms with E-state index in [0.717, 1.165) is 18.2 Å². The number of carbonyl (C=O) groups is 2. The molecule has 0 atom stereocenters. The van der Waals surface area contributed by atoms with Gasteiger partial charge in [-0.3, -0.25) is 19.7 Å². The number of hydrogen-bond acceptors (Lipinski definition) is 4. The summed E-state index contributed by atoms with van der Waals surface area (Å²) in [4.78, 5) is 34.6. The van der Waals surface area contributed by atoms with E-state index in [-0.39, 0.29) is 43.2 Å². The fourth-order valence-electron chi connectivity index (χ4n) is 1.93. The second kappa shape index (κ2) is 5.64. The molecule has 0 aliphatic carbocycles. The van der Waals surface area contributed by atoms with Gasteiger partial charge in [-0.25, -0.2) is 4.39 Å². The lowest BCUT2D eigenvalue weighted by atomic mass is 10.1. The molecule has 1 aromatic rings. The number of nitro groups is 1. The lowest BCUT2D eigenvalue weighted by Crippen LogP contribution is -2.34. The van der Waals surface area contributed by atoms with Crippen LogP contribution in [0.25, 0.3) is 0 Å². The first-order valence-corrected chi connectivity index (χ1v) is 5.99. The topological polar surface area (TPSA) is 92.5 Å². The van der Waals surface area contributed by atoms with Gasteiger partial charge in [0.2, 0.25) is 5.91 Å². The zero-order valence-electron chi connectivity index (χ0n) is 10.5. The first kappa shape index (κ1) is 13.9. The summed E-state index contributed by atoms with van der Waals surface area (Å²) < 4.78 is 13.7. The molecule has 0 unspecified atom stereocenters. The molecule has 1 fully saturated rings. The maximum Gasteiger partial charge on any atom is 0.270 e. The van der Waals surface area contributed by atoms with Gasteiger partial charge >= 0.3 is 0 Å². The van der Waals surface area contributed by atoms with Crippen LogP contribution < -0.4 is 5.32 Å². The van der Waals surface area contributed by atoms with Gasteiger partial charge in [0.1, 0.15) is 5.82 Å². The number of nitrogens with zero attached hydrogens (tertiary/aromatic N) is 2. The summed E-state index contributed by atoms with van der Waals surface area (Å²) in [5.74, 6) is -1.65. The number of hydrogen-bond donors (Lipinski definition) is 1. The summed E-state index contributed by atoms with van der Waals surface area (Å²) in [7, 11) is 0. The Hall–Kier alpha value is -2.51. The summed E-state index contributed by atoms with van der Waals surface area (Å²) in [5.41, 5.74) is -0.702. The van der Waals surface area contributed by atoms with E-state index in [2.05, 4.69) is 5.32 Å². The van der Waals surface area contributed by atoms with E-state index in [4.69, 9.17) is 0 Å². The highest BCUT2D eigenvalue weighted by Crippen LogP contribution is 2.18. The predicted octanol–water partition coefficient (Wildman–Crippen LogP) is 0.696. The molecule has 0 radical (unpaired) electrons. The summed E-state index contributed by atoms with van der Waals surface area (Å²) in [6.45, 7) is 0.681. The maximum atomic E-state index is 13.7. The van der Waals surface area contributed by atoms with E-state index in [0.29, 0.717) is 0 Å². The van der Waals surface area contributed by atoms with Gasteiger partial charge in [-0.1, -0.05) is 0 Å². The smallest absolute Gasteiger partial charge is 0.270 e. The van der Waals surface area contributed by atoms with E-state index in [1.54, 1.807) is 0 Å². The molecule has 1 N–H and O–H groups in total. The number of halogens is 1. The van der Waals surface area contributed by atoms with Crippen molar-refractivity contribution in [3.05, 3.63) is 39.7 Å². The summed E-state index contributed by atoms with van der Waals surface area (Å²) in [5, 5.41) is 13.3. The van der Waals surface area contributed by atoms with Gasteiger partial charge in [-0.15, -0.1) is 0 Å². The molecule has 1 aliphatic heterocycles. The zero-order valence-corrected chi connectivity index (χ0v) is 10.5. The Morgan fingerprint density at radius 1 is 1.40 bits per heavy atom. The molecule has 7 nitrogen and oxygen atoms in total. The van der Waals surface area contributed by atoms with Crippen LogP contribution in [0, 0.1) is 15.9 Å². The number of nitro benzene ring substituents is 1. The third-order valence-electron chi connectivity index (χ3n) is 2.99. The highest BCUT2D eigenvalue weighted by molar-refractivity contribution is 5.95. The Morgan fingerprint density at radius 2 is 2.15 bits per heavy atom. The second-order valence-electron chi connectivity index (χ2n) is 4.31. The van der Waals surface area contributed by atoms with Gasteiger partial charge < -0.3 is 10.2 Å². The molecule has 2 rings (SSSR count). The molecule has 1 saturated heterocycles. The van der Waals surface area contributed by atoms with Crippen molar-refractivity contribution in [2.75, 3.05) is 19.6 Å². The van der Waals surface area contributed by atoms with Crippen molar-refractivity contribution in [3.63, 3.8) is 0 Å². The first-order valence-electron chi connectivity index (χ1n) is 5.99. The Labute approximate surface area is 113 Å². The monoisotopic (exact) mass is 281 g/mol. The average molecular weight is 281 g/mol. The van der Waals surface area contributed by atoms with Gasteiger partial charge in [-0.05, 0) is 6.07 Å². The van der Waals surface area contributed by atoms with E-state index < -0.39 is 16.6 Å². The molecule has 0 aromatic heterocycles. The third-order valence-corrected chi connectivity index (χ3v) is 2.99. The van der Waals surface area contributed by atoms with E-state index in [1.165, 1.54) is 4.90 Å². The molecule has 2 amide bonds. The van der Waals surface area contributed by atoms with Crippen molar-refractivity contribution in [2.24, 2.45) is 0 Å². The first-order chi connectivity index (χ1) is 9.49. The van der Waals surface area contributed by atoms with Crippen molar-refractivity contribution in [3.8, 4) is 0 Å². The summed E-state index contributed by atoms with van der Waals surface area (Å²) in [6.07, 6.45) is 0.127. The van der Waals surface area contributed by atoms with Crippen LogP contribution in [0.2, 0.25) is 0 Å². The van der Waals surface area contributed by atoms with Gasteiger partial charge in [0.05, 0.1) is 10.5 Å². The third kappa shape index (κ3) is 2.90. The molecular weight excluding hydrogens is 269 g/mol. The molecular formula is C12H12FN3O4. The number of benzene rings is 1. The Kier molecular flexibility index (Phi) is 3.92. The van der Waals surface area contributed by atoms with E-state index >= 15 is 0 Å². The average Bonchev–Trinajstić information content (AvgIpc) is 2.63. The van der Waals surface area contributed by atoms with Crippen molar-refractivity contribution in [2.45, 2.75) is 6.42 Å². The van der Waals surface area contributed by atoms with E-state index in [9.17, 15) is 24.1 Å². The Bertz CT molecular complexity index is 576. The minimum Gasteiger partial charge on any atom is -0.354 e. The molecule has 0 spiro atoms. The van der Waals surface area contributed by atoms with Gasteiger partial charge in [-0.2, -0.15) is 0 Å². The molecule has 0 saturated carbocycles. The van der Waals surface area contributed by atoms with Crippen molar-refractivity contribution in [1.82, 2.24) is 10.2 Å². The zero-order chi connectivity index (χ0) is 14.7. The van der Waals surface area contributed by atoms with Crippen LogP contribution >= 0.6 is 0 Å². The SMILES string of the molecule is O=C1CCN(C(=O)c2cc([N+](=O)[O-])ccc2F)CCN1. The highest BCUT2D eigenvalue weighted by atomic mass is 19.1. The van der Waals surface area contributed by atoms with Crippen LogP contribution in [0.5, 0.6) is 0 Å². The number of rotatable bonds is 2. The van der Waals surface area contributed by atoms with Gasteiger partial charge in [0.15, 0.2) is 0 Å². The largest absolute Gasteiger partial charge is 0.354 e. The predicted molar refractivity (Wildman–Crippen MR) is 66.6 cm³/mol. The number of carbonyl (C=O) groups excluding carboxylic acids is 2. The minimum absolute atomic E-state index is 0.127. The fraction of sp³-hybridized carbons (Fsp3) is 0.333. The number of non-ortho nitro benzene ring substituents is 1. The Balaban J connectivity index is 2.25. The Morgan fingerprint density at radius 3 is 2.85 bits per heavy atom. The fourth-order valence-corrected chi connectivity index (χ4v) is 1.93. The maximum absolute atomic E-state index is 13.7. The molecule has 106 valence electrons. The molecule has 0 bridgehead atoms. The van der Waals surface area contributed by atoms with Gasteiger partial charge in [0.25, 0.3) is 11.6 Å². The quantitative estimate of drug-likeness (QED) is 0.637. The van der Waals surface area contributed by atoms with Crippen LogP contribution in [0.4, 0.5) is 10.1 Å². The number of amides is 2. The lowest BCUT2D eigenvalue weighted by molar-refractivity contribution is -0.384. The summed E-state index contributed by atoms with van der Waals surface area (Å²) in [6, 6.07) is 2.81. The van der Waals surface area contributed by atoms with Crippen LogP contribution in [0.15, 0.2) is 18.2 Å². The van der Waals surface area contributed by atoms with Crippen LogP contribution in [0.3, 0.4) is 0 Å². The van der Waals surface area contributed by atoms with E-state index in [1.807, 2.05) is 0 Å². The second-order valence-corrected chi connectivity index (χ2v) is 4.31. The van der Waals surface area contributed by atoms with Gasteiger partial charge in [0, 0.05) is 38.2 Å². The number of nitrogens with one attached hydrogen (secondary N) is 1. The molecule has 1 aromatic carbocycles. The standard InChI is InChI=1S/C12H12FN3O4/c13-10-2-1-8(16(19)20)7-9(10)12(18)15-5-3-11(17)14-4-6-15/h1-2,7H,3-6H2,(H,14,17). The van der Waals surface area contributed by atoms with Crippen LogP contribution in [-0.2, 0) is 4.79 Å². The van der Waals surface area contributed by atoms with Crippen molar-refractivity contribution >= 4 is 17.5 Å². The van der Waals surface area contributed by atoms with Crippen LogP contribution in [0.1, 0.15) is 16.8 Å². The normalized spacial score (nSPS) is 15.4. The molecule has 1 heterocycles. The molecule has 8 heteroatoms. The van der Waals surface area contributed by atoms with Crippen molar-refractivity contribution < 1.29 is 18.9 Å². The van der Waals surface area contributed by atoms with Crippen LogP contribution in [-0.4, -0.2) is 41.3 Å². The van der Waals surface area contributed by atoms with Crippen molar-refractivity contribution in [1.29, 1.82) is 0 Å². The lowest BCUT2D eigenvalue weighted by Gasteiger charge is -2.19. The molecule has 1 aliphatic rings. The molecule has 20 heavy (non-hydrogen) atoms. The highest BCUT2D eigenvalue weighted by Gasteiger charge is 2.24. The summed E-state index contributed by atoms with van der Waals surface area (Å²) >= 11 is 0. The minimum atomic E-state index is -0.816.